The maximum absolute atomic E-state index is 11.8. The van der Waals surface area contributed by atoms with E-state index >= 15 is 0 Å². The molecule has 1 aliphatic rings. The zero-order chi connectivity index (χ0) is 12.4. The molecule has 2 rings (SSSR count). The Kier molecular flexibility index (Phi) is 3.27. The summed E-state index contributed by atoms with van der Waals surface area (Å²) in [4.78, 5) is 24.4. The Morgan fingerprint density at radius 2 is 2.06 bits per heavy atom. The topological polar surface area (TPSA) is 37.4 Å². The summed E-state index contributed by atoms with van der Waals surface area (Å²) in [6, 6.07) is 8.16. The molecule has 90 valence electrons. The average molecular weight is 231 g/mol. The molecular weight excluding hydrogens is 214 g/mol. The van der Waals surface area contributed by atoms with Crippen molar-refractivity contribution in [2.24, 2.45) is 0 Å². The number of carbonyl (C=O) groups excluding carboxylic acids is 2. The lowest BCUT2D eigenvalue weighted by Crippen LogP contribution is -2.41. The van der Waals surface area contributed by atoms with E-state index in [4.69, 9.17) is 0 Å². The summed E-state index contributed by atoms with van der Waals surface area (Å²) < 4.78 is 0. The molecule has 0 spiro atoms. The lowest BCUT2D eigenvalue weighted by molar-refractivity contribution is -0.145. The quantitative estimate of drug-likeness (QED) is 0.743. The first kappa shape index (κ1) is 11.8. The number of aryl methyl sites for hydroxylation is 1. The first-order valence-corrected chi connectivity index (χ1v) is 5.96. The third kappa shape index (κ3) is 2.38. The Labute approximate surface area is 101 Å². The minimum atomic E-state index is -0.141. The van der Waals surface area contributed by atoms with Gasteiger partial charge in [0, 0.05) is 19.9 Å². The maximum atomic E-state index is 11.8. The SMILES string of the molecule is CC(=O)N1CCC(c2ccccc2C)CC1=O. The number of carbonyl (C=O) groups is 2. The molecule has 1 aromatic carbocycles. The zero-order valence-corrected chi connectivity index (χ0v) is 10.3. The van der Waals surface area contributed by atoms with Crippen molar-refractivity contribution in [3.8, 4) is 0 Å². The van der Waals surface area contributed by atoms with Gasteiger partial charge in [-0.05, 0) is 30.4 Å². The van der Waals surface area contributed by atoms with Crippen LogP contribution in [0.5, 0.6) is 0 Å². The van der Waals surface area contributed by atoms with Crippen molar-refractivity contribution >= 4 is 11.8 Å². The molecule has 0 saturated carbocycles. The van der Waals surface area contributed by atoms with E-state index in [0.29, 0.717) is 13.0 Å². The van der Waals surface area contributed by atoms with Gasteiger partial charge in [0.25, 0.3) is 0 Å². The molecule has 3 heteroatoms. The maximum Gasteiger partial charge on any atom is 0.229 e. The third-order valence-corrected chi connectivity index (χ3v) is 3.43. The van der Waals surface area contributed by atoms with Crippen LogP contribution in [-0.2, 0) is 9.59 Å². The van der Waals surface area contributed by atoms with Gasteiger partial charge in [-0.3, -0.25) is 14.5 Å². The van der Waals surface area contributed by atoms with E-state index in [9.17, 15) is 9.59 Å². The van der Waals surface area contributed by atoms with Gasteiger partial charge >= 0.3 is 0 Å². The summed E-state index contributed by atoms with van der Waals surface area (Å²) in [6.07, 6.45) is 1.32. The van der Waals surface area contributed by atoms with Gasteiger partial charge in [0.2, 0.25) is 11.8 Å². The van der Waals surface area contributed by atoms with Crippen molar-refractivity contribution in [2.45, 2.75) is 32.6 Å². The zero-order valence-electron chi connectivity index (χ0n) is 10.3. The number of piperidine rings is 1. The van der Waals surface area contributed by atoms with E-state index in [2.05, 4.69) is 19.1 Å². The Morgan fingerprint density at radius 1 is 1.35 bits per heavy atom. The molecule has 3 nitrogen and oxygen atoms in total. The lowest BCUT2D eigenvalue weighted by Gasteiger charge is -2.30. The summed E-state index contributed by atoms with van der Waals surface area (Å²) in [7, 11) is 0. The van der Waals surface area contributed by atoms with Crippen molar-refractivity contribution < 1.29 is 9.59 Å². The van der Waals surface area contributed by atoms with E-state index in [-0.39, 0.29) is 17.7 Å². The van der Waals surface area contributed by atoms with Gasteiger partial charge in [-0.2, -0.15) is 0 Å². The van der Waals surface area contributed by atoms with Gasteiger partial charge in [-0.25, -0.2) is 0 Å². The molecule has 1 fully saturated rings. The molecule has 0 bridgehead atoms. The van der Waals surface area contributed by atoms with E-state index in [1.807, 2.05) is 12.1 Å². The molecule has 0 aromatic heterocycles. The molecule has 1 atom stereocenters. The Balaban J connectivity index is 2.15. The number of hydrogen-bond acceptors (Lipinski definition) is 2. The van der Waals surface area contributed by atoms with Crippen molar-refractivity contribution in [3.63, 3.8) is 0 Å². The number of rotatable bonds is 1. The van der Waals surface area contributed by atoms with Crippen LogP contribution < -0.4 is 0 Å². The minimum absolute atomic E-state index is 0.0444. The van der Waals surface area contributed by atoms with Crippen LogP contribution in [0.3, 0.4) is 0 Å². The Bertz CT molecular complexity index is 453. The van der Waals surface area contributed by atoms with Crippen molar-refractivity contribution in [1.82, 2.24) is 4.90 Å². The first-order chi connectivity index (χ1) is 8.09. The summed E-state index contributed by atoms with van der Waals surface area (Å²) >= 11 is 0. The predicted octanol–water partition coefficient (Wildman–Crippen LogP) is 2.25. The van der Waals surface area contributed by atoms with E-state index < -0.39 is 0 Å². The molecule has 2 amide bonds. The molecule has 0 aliphatic carbocycles. The molecule has 1 unspecified atom stereocenters. The number of nitrogens with zero attached hydrogens (tertiary/aromatic N) is 1. The molecule has 1 saturated heterocycles. The summed E-state index contributed by atoms with van der Waals surface area (Å²) in [5, 5.41) is 0. The van der Waals surface area contributed by atoms with Crippen LogP contribution in [0.15, 0.2) is 24.3 Å². The highest BCUT2D eigenvalue weighted by Crippen LogP contribution is 2.30. The number of amides is 2. The van der Waals surface area contributed by atoms with Gasteiger partial charge in [-0.1, -0.05) is 24.3 Å². The van der Waals surface area contributed by atoms with Gasteiger partial charge in [0.05, 0.1) is 0 Å². The van der Waals surface area contributed by atoms with Gasteiger partial charge in [-0.15, -0.1) is 0 Å². The monoisotopic (exact) mass is 231 g/mol. The molecule has 1 heterocycles. The van der Waals surface area contributed by atoms with Gasteiger partial charge in [0.1, 0.15) is 0 Å². The summed E-state index contributed by atoms with van der Waals surface area (Å²) in [6.45, 7) is 4.07. The third-order valence-electron chi connectivity index (χ3n) is 3.43. The van der Waals surface area contributed by atoms with Gasteiger partial charge < -0.3 is 0 Å². The second-order valence-electron chi connectivity index (χ2n) is 4.61. The van der Waals surface area contributed by atoms with Crippen molar-refractivity contribution in [2.75, 3.05) is 6.54 Å². The highest BCUT2D eigenvalue weighted by molar-refractivity contribution is 5.95. The molecule has 0 N–H and O–H groups in total. The van der Waals surface area contributed by atoms with E-state index in [0.717, 1.165) is 6.42 Å². The van der Waals surface area contributed by atoms with Crippen LogP contribution in [0.2, 0.25) is 0 Å². The number of likely N-dealkylation sites (tertiary alicyclic amines) is 1. The second kappa shape index (κ2) is 4.70. The highest BCUT2D eigenvalue weighted by Gasteiger charge is 2.29. The lowest BCUT2D eigenvalue weighted by atomic mass is 9.86. The average Bonchev–Trinajstić information content (AvgIpc) is 2.29. The molecular formula is C14H17NO2. The summed E-state index contributed by atoms with van der Waals surface area (Å²) in [5.41, 5.74) is 2.46. The van der Waals surface area contributed by atoms with Crippen LogP contribution in [0.4, 0.5) is 0 Å². The highest BCUT2D eigenvalue weighted by atomic mass is 16.2. The van der Waals surface area contributed by atoms with Crippen LogP contribution in [-0.4, -0.2) is 23.3 Å². The normalized spacial score (nSPS) is 20.5. The van der Waals surface area contributed by atoms with Crippen molar-refractivity contribution in [3.05, 3.63) is 35.4 Å². The van der Waals surface area contributed by atoms with Crippen LogP contribution in [0.1, 0.15) is 36.8 Å². The Morgan fingerprint density at radius 3 is 2.65 bits per heavy atom. The van der Waals surface area contributed by atoms with Crippen LogP contribution in [0, 0.1) is 6.92 Å². The largest absolute Gasteiger partial charge is 0.283 e. The predicted molar refractivity (Wildman–Crippen MR) is 65.5 cm³/mol. The second-order valence-corrected chi connectivity index (χ2v) is 4.61. The fourth-order valence-electron chi connectivity index (χ4n) is 2.48. The number of hydrogen-bond donors (Lipinski definition) is 0. The summed E-state index contributed by atoms with van der Waals surface area (Å²) in [5.74, 6) is 0.0783. The molecule has 1 aliphatic heterocycles. The number of imide groups is 1. The molecule has 17 heavy (non-hydrogen) atoms. The van der Waals surface area contributed by atoms with Crippen molar-refractivity contribution in [1.29, 1.82) is 0 Å². The fraction of sp³-hybridized carbons (Fsp3) is 0.429. The Hall–Kier alpha value is -1.64. The standard InChI is InChI=1S/C14H17NO2/c1-10-5-3-4-6-13(10)12-7-8-15(11(2)16)14(17)9-12/h3-6,12H,7-9H2,1-2H3. The minimum Gasteiger partial charge on any atom is -0.283 e. The smallest absolute Gasteiger partial charge is 0.229 e. The van der Waals surface area contributed by atoms with E-state index in [1.165, 1.54) is 23.0 Å². The van der Waals surface area contributed by atoms with Crippen LogP contribution >= 0.6 is 0 Å². The molecule has 0 radical (unpaired) electrons. The van der Waals surface area contributed by atoms with Crippen LogP contribution in [0.25, 0.3) is 0 Å². The number of benzene rings is 1. The fourth-order valence-corrected chi connectivity index (χ4v) is 2.48. The van der Waals surface area contributed by atoms with E-state index in [1.54, 1.807) is 0 Å². The van der Waals surface area contributed by atoms with Gasteiger partial charge in [0.15, 0.2) is 0 Å². The molecule has 1 aromatic rings. The first-order valence-electron chi connectivity index (χ1n) is 5.96.